The quantitative estimate of drug-likeness (QED) is 0.816. The molecule has 0 bridgehead atoms. The fourth-order valence-electron chi connectivity index (χ4n) is 2.83. The first-order valence-electron chi connectivity index (χ1n) is 6.14. The van der Waals surface area contributed by atoms with Gasteiger partial charge in [0.25, 0.3) is 0 Å². The molecular weight excluding hydrogens is 216 g/mol. The molecule has 2 aliphatic rings. The third-order valence-corrected chi connectivity index (χ3v) is 3.65. The number of nitrogens with zero attached hydrogens (tertiary/aromatic N) is 3. The monoisotopic (exact) mass is 232 g/mol. The Morgan fingerprint density at radius 3 is 3.29 bits per heavy atom. The van der Waals surface area contributed by atoms with Crippen LogP contribution >= 0.6 is 0 Å². The zero-order chi connectivity index (χ0) is 11.7. The first-order chi connectivity index (χ1) is 8.34. The van der Waals surface area contributed by atoms with Crippen LogP contribution in [0.25, 0.3) is 0 Å². The minimum Gasteiger partial charge on any atom is -0.338 e. The third-order valence-electron chi connectivity index (χ3n) is 3.65. The third kappa shape index (κ3) is 2.02. The number of carbonyl (C=O) groups is 1. The Kier molecular flexibility index (Phi) is 2.76. The van der Waals surface area contributed by atoms with Gasteiger partial charge in [-0.25, -0.2) is 0 Å². The van der Waals surface area contributed by atoms with Crippen molar-refractivity contribution in [3.05, 3.63) is 24.0 Å². The highest BCUT2D eigenvalue weighted by atomic mass is 16.2. The second-order valence-corrected chi connectivity index (χ2v) is 4.70. The molecule has 1 aromatic rings. The van der Waals surface area contributed by atoms with Crippen molar-refractivity contribution in [2.45, 2.75) is 37.9 Å². The van der Waals surface area contributed by atoms with Gasteiger partial charge in [-0.1, -0.05) is 0 Å². The molecule has 0 radical (unpaired) electrons. The van der Waals surface area contributed by atoms with Gasteiger partial charge >= 0.3 is 0 Å². The molecule has 1 N–H and O–H groups in total. The lowest BCUT2D eigenvalue weighted by molar-refractivity contribution is -0.127. The van der Waals surface area contributed by atoms with Crippen LogP contribution in [0, 0.1) is 0 Å². The fraction of sp³-hybridized carbons (Fsp3) is 0.583. The number of amides is 1. The van der Waals surface area contributed by atoms with Gasteiger partial charge in [0, 0.05) is 37.8 Å². The van der Waals surface area contributed by atoms with Crippen LogP contribution in [0.1, 0.15) is 25.0 Å². The van der Waals surface area contributed by atoms with Crippen molar-refractivity contribution >= 4 is 5.91 Å². The molecule has 2 saturated heterocycles. The van der Waals surface area contributed by atoms with E-state index in [1.54, 1.807) is 6.20 Å². The van der Waals surface area contributed by atoms with Crippen LogP contribution in [-0.2, 0) is 11.3 Å². The molecule has 0 spiro atoms. The predicted molar refractivity (Wildman–Crippen MR) is 62.0 cm³/mol. The molecule has 0 saturated carbocycles. The minimum atomic E-state index is 0.284. The molecule has 1 amide bonds. The van der Waals surface area contributed by atoms with E-state index in [4.69, 9.17) is 0 Å². The Morgan fingerprint density at radius 1 is 1.53 bits per heavy atom. The van der Waals surface area contributed by atoms with Crippen LogP contribution in [0.15, 0.2) is 18.3 Å². The highest BCUT2D eigenvalue weighted by Crippen LogP contribution is 2.29. The topological polar surface area (TPSA) is 58.1 Å². The maximum absolute atomic E-state index is 11.7. The average Bonchev–Trinajstić information content (AvgIpc) is 2.93. The summed E-state index contributed by atoms with van der Waals surface area (Å²) in [5, 5.41) is 11.3. The molecule has 5 nitrogen and oxygen atoms in total. The molecular formula is C12H16N4O. The highest BCUT2D eigenvalue weighted by molar-refractivity contribution is 5.80. The average molecular weight is 232 g/mol. The number of rotatable bonds is 3. The van der Waals surface area contributed by atoms with Crippen LogP contribution in [0.2, 0.25) is 0 Å². The molecule has 90 valence electrons. The van der Waals surface area contributed by atoms with E-state index in [9.17, 15) is 4.79 Å². The number of hydrogen-bond donors (Lipinski definition) is 1. The van der Waals surface area contributed by atoms with E-state index < -0.39 is 0 Å². The summed E-state index contributed by atoms with van der Waals surface area (Å²) >= 11 is 0. The van der Waals surface area contributed by atoms with Gasteiger partial charge in [-0.15, -0.1) is 0 Å². The van der Waals surface area contributed by atoms with Gasteiger partial charge in [-0.2, -0.15) is 10.2 Å². The Labute approximate surface area is 100 Å². The molecule has 2 aliphatic heterocycles. The van der Waals surface area contributed by atoms with Gasteiger partial charge in [0.1, 0.15) is 0 Å². The van der Waals surface area contributed by atoms with E-state index >= 15 is 0 Å². The molecule has 2 atom stereocenters. The molecule has 17 heavy (non-hydrogen) atoms. The standard InChI is InChI=1S/C12H16N4O/c17-12-7-10(11-4-2-6-16(11)12)13-8-9-3-1-5-14-15-9/h1,3,5,10-11,13H,2,4,6-8H2. The fourth-order valence-corrected chi connectivity index (χ4v) is 2.83. The van der Waals surface area contributed by atoms with Crippen molar-refractivity contribution < 1.29 is 4.79 Å². The van der Waals surface area contributed by atoms with Crippen molar-refractivity contribution in [2.75, 3.05) is 6.54 Å². The molecule has 0 aromatic carbocycles. The first kappa shape index (κ1) is 10.7. The Bertz CT molecular complexity index is 408. The molecule has 3 heterocycles. The lowest BCUT2D eigenvalue weighted by atomic mass is 10.1. The molecule has 0 aliphatic carbocycles. The Morgan fingerprint density at radius 2 is 2.47 bits per heavy atom. The summed E-state index contributed by atoms with van der Waals surface area (Å²) in [6, 6.07) is 4.51. The molecule has 2 fully saturated rings. The Balaban J connectivity index is 1.61. The number of nitrogens with one attached hydrogen (secondary N) is 1. The lowest BCUT2D eigenvalue weighted by Gasteiger charge is -2.20. The van der Waals surface area contributed by atoms with E-state index in [0.717, 1.165) is 25.1 Å². The summed E-state index contributed by atoms with van der Waals surface area (Å²) in [4.78, 5) is 13.8. The van der Waals surface area contributed by atoms with Crippen molar-refractivity contribution in [1.82, 2.24) is 20.4 Å². The predicted octanol–water partition coefficient (Wildman–Crippen LogP) is 0.329. The van der Waals surface area contributed by atoms with Gasteiger partial charge in [-0.3, -0.25) is 4.79 Å². The second-order valence-electron chi connectivity index (χ2n) is 4.70. The number of carbonyl (C=O) groups excluding carboxylic acids is 1. The van der Waals surface area contributed by atoms with Crippen molar-refractivity contribution in [1.29, 1.82) is 0 Å². The van der Waals surface area contributed by atoms with Gasteiger partial charge < -0.3 is 10.2 Å². The highest BCUT2D eigenvalue weighted by Gasteiger charge is 2.41. The van der Waals surface area contributed by atoms with E-state index in [-0.39, 0.29) is 6.04 Å². The summed E-state index contributed by atoms with van der Waals surface area (Å²) in [5.41, 5.74) is 0.927. The van der Waals surface area contributed by atoms with E-state index in [1.165, 1.54) is 0 Å². The number of hydrogen-bond acceptors (Lipinski definition) is 4. The van der Waals surface area contributed by atoms with Crippen molar-refractivity contribution in [3.63, 3.8) is 0 Å². The molecule has 3 rings (SSSR count). The second kappa shape index (κ2) is 4.41. The number of fused-ring (bicyclic) bond motifs is 1. The molecule has 1 aromatic heterocycles. The summed E-state index contributed by atoms with van der Waals surface area (Å²) in [7, 11) is 0. The zero-order valence-corrected chi connectivity index (χ0v) is 9.67. The zero-order valence-electron chi connectivity index (χ0n) is 9.67. The maximum Gasteiger partial charge on any atom is 0.224 e. The molecule has 5 heteroatoms. The van der Waals surface area contributed by atoms with Gasteiger partial charge in [0.15, 0.2) is 0 Å². The summed E-state index contributed by atoms with van der Waals surface area (Å²) in [5.74, 6) is 0.296. The first-order valence-corrected chi connectivity index (χ1v) is 6.14. The van der Waals surface area contributed by atoms with E-state index in [1.807, 2.05) is 17.0 Å². The van der Waals surface area contributed by atoms with Gasteiger partial charge in [0.05, 0.1) is 5.69 Å². The largest absolute Gasteiger partial charge is 0.338 e. The summed E-state index contributed by atoms with van der Waals surface area (Å²) < 4.78 is 0. The van der Waals surface area contributed by atoms with Crippen LogP contribution in [-0.4, -0.2) is 39.6 Å². The van der Waals surface area contributed by atoms with Crippen LogP contribution in [0.3, 0.4) is 0 Å². The number of aromatic nitrogens is 2. The lowest BCUT2D eigenvalue weighted by Crippen LogP contribution is -2.39. The maximum atomic E-state index is 11.7. The smallest absolute Gasteiger partial charge is 0.224 e. The summed E-state index contributed by atoms with van der Waals surface area (Å²) in [6.45, 7) is 1.63. The summed E-state index contributed by atoms with van der Waals surface area (Å²) in [6.07, 6.45) is 4.57. The minimum absolute atomic E-state index is 0.284. The Hall–Kier alpha value is -1.49. The van der Waals surface area contributed by atoms with Gasteiger partial charge in [-0.05, 0) is 25.0 Å². The molecule has 2 unspecified atom stereocenters. The van der Waals surface area contributed by atoms with Crippen molar-refractivity contribution in [3.8, 4) is 0 Å². The van der Waals surface area contributed by atoms with Crippen LogP contribution in [0.4, 0.5) is 0 Å². The van der Waals surface area contributed by atoms with Gasteiger partial charge in [0.2, 0.25) is 5.91 Å². The van der Waals surface area contributed by atoms with Crippen molar-refractivity contribution in [2.24, 2.45) is 0 Å². The van der Waals surface area contributed by atoms with E-state index in [2.05, 4.69) is 15.5 Å². The van der Waals surface area contributed by atoms with Crippen LogP contribution in [0.5, 0.6) is 0 Å². The van der Waals surface area contributed by atoms with E-state index in [0.29, 0.717) is 24.9 Å². The normalized spacial score (nSPS) is 27.5. The van der Waals surface area contributed by atoms with Crippen LogP contribution < -0.4 is 5.32 Å². The SMILES string of the molecule is O=C1CC(NCc2cccnn2)C2CCCN12.